The van der Waals surface area contributed by atoms with E-state index in [2.05, 4.69) is 4.98 Å². The van der Waals surface area contributed by atoms with Crippen LogP contribution in [0.5, 0.6) is 0 Å². The van der Waals surface area contributed by atoms with Gasteiger partial charge in [-0.3, -0.25) is 0 Å². The summed E-state index contributed by atoms with van der Waals surface area (Å²) >= 11 is 1.10. The van der Waals surface area contributed by atoms with E-state index in [1.165, 1.54) is 6.07 Å². The first-order valence-electron chi connectivity index (χ1n) is 5.41. The van der Waals surface area contributed by atoms with Crippen LogP contribution < -0.4 is 0 Å². The van der Waals surface area contributed by atoms with Crippen LogP contribution in [0.25, 0.3) is 0 Å². The molecular weight excluding hydrogens is 291 g/mol. The Kier molecular flexibility index (Phi) is 3.99. The smallest absolute Gasteiger partial charge is 0.417 e. The summed E-state index contributed by atoms with van der Waals surface area (Å²) in [6.07, 6.45) is -3.15. The van der Waals surface area contributed by atoms with Crippen LogP contribution in [-0.4, -0.2) is 16.1 Å². The Labute approximate surface area is 116 Å². The molecule has 1 N–H and O–H groups in total. The number of benzene rings is 1. The molecule has 0 spiro atoms. The van der Waals surface area contributed by atoms with Crippen molar-refractivity contribution >= 4 is 17.7 Å². The number of carbonyl (C=O) groups is 1. The molecule has 0 bridgehead atoms. The van der Waals surface area contributed by atoms with Gasteiger partial charge >= 0.3 is 12.1 Å². The molecule has 104 valence electrons. The lowest BCUT2D eigenvalue weighted by Crippen LogP contribution is -2.12. The molecule has 0 fully saturated rings. The average Bonchev–Trinajstić information content (AvgIpc) is 2.38. The fourth-order valence-corrected chi connectivity index (χ4v) is 2.35. The minimum Gasteiger partial charge on any atom is -0.478 e. The number of carboxylic acids is 1. The van der Waals surface area contributed by atoms with Crippen LogP contribution in [0, 0.1) is 0 Å². The average molecular weight is 299 g/mol. The number of pyridine rings is 1. The Hall–Kier alpha value is -2.02. The van der Waals surface area contributed by atoms with Gasteiger partial charge in [0.1, 0.15) is 5.03 Å². The molecule has 20 heavy (non-hydrogen) atoms. The van der Waals surface area contributed by atoms with Gasteiger partial charge < -0.3 is 5.11 Å². The van der Waals surface area contributed by atoms with E-state index in [9.17, 15) is 18.0 Å². The number of hydrogen-bond acceptors (Lipinski definition) is 3. The van der Waals surface area contributed by atoms with Crippen LogP contribution in [0.15, 0.2) is 52.5 Å². The Bertz CT molecular complexity index is 629. The molecule has 0 aliphatic rings. The zero-order valence-corrected chi connectivity index (χ0v) is 10.7. The predicted molar refractivity (Wildman–Crippen MR) is 66.8 cm³/mol. The fraction of sp³-hybridized carbons (Fsp3) is 0.0769. The van der Waals surface area contributed by atoms with Gasteiger partial charge in [-0.1, -0.05) is 17.8 Å². The highest BCUT2D eigenvalue weighted by molar-refractivity contribution is 7.99. The van der Waals surface area contributed by atoms with Crippen LogP contribution in [0.1, 0.15) is 15.9 Å². The lowest BCUT2D eigenvalue weighted by Gasteiger charge is -2.11. The predicted octanol–water partition coefficient (Wildman–Crippen LogP) is 3.95. The quantitative estimate of drug-likeness (QED) is 0.932. The summed E-state index contributed by atoms with van der Waals surface area (Å²) in [7, 11) is 0. The van der Waals surface area contributed by atoms with Crippen molar-refractivity contribution in [1.82, 2.24) is 4.98 Å². The van der Waals surface area contributed by atoms with E-state index < -0.39 is 23.3 Å². The molecule has 1 aromatic heterocycles. The highest BCUT2D eigenvalue weighted by Gasteiger charge is 2.35. The number of carboxylic acid groups (broad SMARTS) is 1. The van der Waals surface area contributed by atoms with Gasteiger partial charge in [0.25, 0.3) is 0 Å². The highest BCUT2D eigenvalue weighted by atomic mass is 32.2. The highest BCUT2D eigenvalue weighted by Crippen LogP contribution is 2.35. The van der Waals surface area contributed by atoms with Gasteiger partial charge in [-0.2, -0.15) is 13.2 Å². The maximum absolute atomic E-state index is 12.7. The van der Waals surface area contributed by atoms with Crippen molar-refractivity contribution in [3.63, 3.8) is 0 Å². The largest absolute Gasteiger partial charge is 0.478 e. The number of aromatic carboxylic acids is 1. The molecule has 0 saturated carbocycles. The molecule has 1 heterocycles. The zero-order valence-electron chi connectivity index (χ0n) is 9.89. The minimum atomic E-state index is -4.69. The van der Waals surface area contributed by atoms with Crippen molar-refractivity contribution < 1.29 is 23.1 Å². The molecule has 0 radical (unpaired) electrons. The molecule has 0 saturated heterocycles. The summed E-state index contributed by atoms with van der Waals surface area (Å²) in [4.78, 5) is 15.3. The van der Waals surface area contributed by atoms with Crippen molar-refractivity contribution in [1.29, 1.82) is 0 Å². The standard InChI is InChI=1S/C13H8F3NO2S/c14-13(15,16)10-5-4-8(7-9(10)12(18)19)20-11-3-1-2-6-17-11/h1-7H,(H,18,19). The molecule has 0 aliphatic heterocycles. The third kappa shape index (κ3) is 3.30. The number of aromatic nitrogens is 1. The molecule has 1 aromatic carbocycles. The van der Waals surface area contributed by atoms with Gasteiger partial charge in [-0.15, -0.1) is 0 Å². The molecule has 3 nitrogen and oxygen atoms in total. The maximum atomic E-state index is 12.7. The Morgan fingerprint density at radius 2 is 1.95 bits per heavy atom. The van der Waals surface area contributed by atoms with Crippen molar-refractivity contribution in [2.75, 3.05) is 0 Å². The number of rotatable bonds is 3. The number of alkyl halides is 3. The van der Waals surface area contributed by atoms with Crippen LogP contribution in [-0.2, 0) is 6.18 Å². The first-order chi connectivity index (χ1) is 9.38. The summed E-state index contributed by atoms with van der Waals surface area (Å²) in [6, 6.07) is 8.13. The van der Waals surface area contributed by atoms with E-state index in [0.29, 0.717) is 9.92 Å². The molecule has 0 amide bonds. The SMILES string of the molecule is O=C(O)c1cc(Sc2ccccn2)ccc1C(F)(F)F. The van der Waals surface area contributed by atoms with Gasteiger partial charge in [-0.05, 0) is 30.3 Å². The van der Waals surface area contributed by atoms with E-state index in [0.717, 1.165) is 23.9 Å². The zero-order chi connectivity index (χ0) is 14.8. The second kappa shape index (κ2) is 5.54. The third-order valence-corrected chi connectivity index (χ3v) is 3.33. The number of halogens is 3. The molecule has 0 unspecified atom stereocenters. The van der Waals surface area contributed by atoms with Gasteiger partial charge in [0.15, 0.2) is 0 Å². The van der Waals surface area contributed by atoms with Gasteiger partial charge in [0.2, 0.25) is 0 Å². The maximum Gasteiger partial charge on any atom is 0.417 e. The normalized spacial score (nSPS) is 11.3. The van der Waals surface area contributed by atoms with Crippen LogP contribution in [0.3, 0.4) is 0 Å². The minimum absolute atomic E-state index is 0.383. The van der Waals surface area contributed by atoms with Gasteiger partial charge in [0.05, 0.1) is 11.1 Å². The summed E-state index contributed by atoms with van der Waals surface area (Å²) in [5.41, 5.74) is -1.92. The van der Waals surface area contributed by atoms with E-state index in [-0.39, 0.29) is 0 Å². The van der Waals surface area contributed by atoms with E-state index in [1.807, 2.05) is 0 Å². The van der Waals surface area contributed by atoms with Crippen molar-refractivity contribution in [3.05, 3.63) is 53.7 Å². The second-order valence-corrected chi connectivity index (χ2v) is 4.87. The summed E-state index contributed by atoms with van der Waals surface area (Å²) in [5.74, 6) is -1.61. The molecular formula is C13H8F3NO2S. The topological polar surface area (TPSA) is 50.2 Å². The Balaban J connectivity index is 2.38. The van der Waals surface area contributed by atoms with Crippen LogP contribution in [0.4, 0.5) is 13.2 Å². The molecule has 2 rings (SSSR count). The van der Waals surface area contributed by atoms with Crippen LogP contribution in [0.2, 0.25) is 0 Å². The third-order valence-electron chi connectivity index (χ3n) is 2.39. The molecule has 2 aromatic rings. The van der Waals surface area contributed by atoms with E-state index >= 15 is 0 Å². The van der Waals surface area contributed by atoms with E-state index in [1.54, 1.807) is 24.4 Å². The van der Waals surface area contributed by atoms with E-state index in [4.69, 9.17) is 5.11 Å². The number of hydrogen-bond donors (Lipinski definition) is 1. The van der Waals surface area contributed by atoms with Crippen molar-refractivity contribution in [3.8, 4) is 0 Å². The van der Waals surface area contributed by atoms with Crippen LogP contribution >= 0.6 is 11.8 Å². The summed E-state index contributed by atoms with van der Waals surface area (Å²) in [6.45, 7) is 0. The molecule has 7 heteroatoms. The van der Waals surface area contributed by atoms with Crippen molar-refractivity contribution in [2.24, 2.45) is 0 Å². The summed E-state index contributed by atoms with van der Waals surface area (Å²) in [5, 5.41) is 9.47. The second-order valence-electron chi connectivity index (χ2n) is 3.78. The van der Waals surface area contributed by atoms with Gasteiger partial charge in [0, 0.05) is 11.1 Å². The monoisotopic (exact) mass is 299 g/mol. The Morgan fingerprint density at radius 3 is 2.50 bits per heavy atom. The molecule has 0 aliphatic carbocycles. The fourth-order valence-electron chi connectivity index (χ4n) is 1.54. The lowest BCUT2D eigenvalue weighted by molar-refractivity contribution is -0.138. The van der Waals surface area contributed by atoms with Gasteiger partial charge in [-0.25, -0.2) is 9.78 Å². The lowest BCUT2D eigenvalue weighted by atomic mass is 10.1. The first-order valence-corrected chi connectivity index (χ1v) is 6.23. The summed E-state index contributed by atoms with van der Waals surface area (Å²) < 4.78 is 38.1. The Morgan fingerprint density at radius 1 is 1.20 bits per heavy atom. The van der Waals surface area contributed by atoms with Crippen molar-refractivity contribution in [2.45, 2.75) is 16.1 Å². The molecule has 0 atom stereocenters. The number of nitrogens with zero attached hydrogens (tertiary/aromatic N) is 1. The first kappa shape index (κ1) is 14.4.